The van der Waals surface area contributed by atoms with Gasteiger partial charge < -0.3 is 15.3 Å². The van der Waals surface area contributed by atoms with E-state index in [-0.39, 0.29) is 32.4 Å². The van der Waals surface area contributed by atoms with E-state index in [2.05, 4.69) is 5.32 Å². The van der Waals surface area contributed by atoms with E-state index in [1.54, 1.807) is 39.0 Å². The summed E-state index contributed by atoms with van der Waals surface area (Å²) in [5.41, 5.74) is -1.24. The summed E-state index contributed by atoms with van der Waals surface area (Å²) in [7, 11) is 0. The number of hydrogen-bond donors (Lipinski definition) is 1. The zero-order valence-electron chi connectivity index (χ0n) is 19.7. The van der Waals surface area contributed by atoms with Crippen molar-refractivity contribution in [2.24, 2.45) is 0 Å². The topological polar surface area (TPSA) is 64.4 Å². The van der Waals surface area contributed by atoms with Gasteiger partial charge in [-0.05, 0) is 74.6 Å². The van der Waals surface area contributed by atoms with Crippen molar-refractivity contribution in [2.45, 2.75) is 63.3 Å². The number of fused-ring (bicyclic) bond motifs is 1. The molecule has 0 radical (unpaired) electrons. The summed E-state index contributed by atoms with van der Waals surface area (Å²) in [6, 6.07) is 7.03. The summed E-state index contributed by atoms with van der Waals surface area (Å²) in [6.45, 7) is 4.46. The molecular formula is C25H24Cl3F3N2O3. The van der Waals surface area contributed by atoms with E-state index in [4.69, 9.17) is 39.5 Å². The zero-order valence-corrected chi connectivity index (χ0v) is 22.0. The molecule has 194 valence electrons. The van der Waals surface area contributed by atoms with Crippen LogP contribution in [0.3, 0.4) is 0 Å². The van der Waals surface area contributed by atoms with Crippen LogP contribution in [-0.2, 0) is 16.6 Å². The molecule has 2 unspecified atom stereocenters. The van der Waals surface area contributed by atoms with Gasteiger partial charge in [0.05, 0.1) is 27.5 Å². The van der Waals surface area contributed by atoms with Gasteiger partial charge in [-0.1, -0.05) is 40.9 Å². The number of benzene rings is 2. The van der Waals surface area contributed by atoms with E-state index in [9.17, 15) is 23.2 Å². The molecule has 4 rings (SSSR count). The molecule has 0 spiro atoms. The molecule has 1 amide bonds. The number of rotatable bonds is 3. The van der Waals surface area contributed by atoms with E-state index < -0.39 is 36.3 Å². The highest BCUT2D eigenvalue weighted by molar-refractivity contribution is 6.48. The SMILES string of the molecule is CC(C)(C)OC(=O)NC1CCc2cc(C3=[N+]([O-])CC(c4cc(Cl)c(Cl)c(Cl)c4)(C(F)(F)F)C3)ccc21. The minimum absolute atomic E-state index is 0.0147. The third-order valence-corrected chi connectivity index (χ3v) is 7.70. The van der Waals surface area contributed by atoms with Crippen molar-refractivity contribution in [1.29, 1.82) is 0 Å². The number of nitrogens with zero attached hydrogens (tertiary/aromatic N) is 1. The first kappa shape index (κ1) is 26.9. The van der Waals surface area contributed by atoms with Gasteiger partial charge in [0.1, 0.15) is 5.60 Å². The molecule has 1 N–H and O–H groups in total. The van der Waals surface area contributed by atoms with E-state index >= 15 is 0 Å². The second-order valence-corrected chi connectivity index (χ2v) is 11.3. The predicted octanol–water partition coefficient (Wildman–Crippen LogP) is 7.36. The van der Waals surface area contributed by atoms with Crippen molar-refractivity contribution in [3.05, 3.63) is 72.9 Å². The Bertz CT molecular complexity index is 1230. The van der Waals surface area contributed by atoms with Crippen LogP contribution >= 0.6 is 34.8 Å². The maximum atomic E-state index is 14.5. The van der Waals surface area contributed by atoms with Gasteiger partial charge in [-0.2, -0.15) is 13.2 Å². The average molecular weight is 564 g/mol. The Kier molecular flexibility index (Phi) is 6.94. The minimum atomic E-state index is -4.75. The highest BCUT2D eigenvalue weighted by atomic mass is 35.5. The largest absolute Gasteiger partial charge is 0.624 e. The number of nitrogens with one attached hydrogen (secondary N) is 1. The summed E-state index contributed by atoms with van der Waals surface area (Å²) in [5.74, 6) is 0. The molecule has 2 aromatic carbocycles. The molecule has 5 nitrogen and oxygen atoms in total. The number of hydroxylamine groups is 1. The van der Waals surface area contributed by atoms with Crippen LogP contribution in [0.5, 0.6) is 0 Å². The lowest BCUT2D eigenvalue weighted by atomic mass is 9.76. The number of carbonyl (C=O) groups is 1. The van der Waals surface area contributed by atoms with Gasteiger partial charge in [-0.15, -0.1) is 0 Å². The van der Waals surface area contributed by atoms with Crippen LogP contribution in [0.4, 0.5) is 18.0 Å². The number of alkyl halides is 3. The molecule has 0 fully saturated rings. The molecule has 2 atom stereocenters. The van der Waals surface area contributed by atoms with Crippen LogP contribution in [0.25, 0.3) is 0 Å². The summed E-state index contributed by atoms with van der Waals surface area (Å²) >= 11 is 18.0. The Morgan fingerprint density at radius 3 is 2.36 bits per heavy atom. The number of amides is 1. The molecule has 0 saturated heterocycles. The van der Waals surface area contributed by atoms with Crippen LogP contribution in [0.2, 0.25) is 15.1 Å². The van der Waals surface area contributed by atoms with Crippen molar-refractivity contribution < 1.29 is 27.4 Å². The minimum Gasteiger partial charge on any atom is -0.624 e. The Morgan fingerprint density at radius 2 is 1.78 bits per heavy atom. The third kappa shape index (κ3) is 5.00. The fraction of sp³-hybridized carbons (Fsp3) is 0.440. The summed E-state index contributed by atoms with van der Waals surface area (Å²) in [6.07, 6.45) is -4.66. The summed E-state index contributed by atoms with van der Waals surface area (Å²) in [4.78, 5) is 12.2. The first-order valence-corrected chi connectivity index (χ1v) is 12.4. The van der Waals surface area contributed by atoms with Crippen molar-refractivity contribution in [3.8, 4) is 0 Å². The van der Waals surface area contributed by atoms with Crippen molar-refractivity contribution >= 4 is 46.6 Å². The molecule has 0 saturated carbocycles. The van der Waals surface area contributed by atoms with Gasteiger partial charge in [0.25, 0.3) is 0 Å². The van der Waals surface area contributed by atoms with Crippen LogP contribution in [-0.4, -0.2) is 34.9 Å². The lowest BCUT2D eigenvalue weighted by Crippen LogP contribution is -2.45. The first-order chi connectivity index (χ1) is 16.6. The number of ether oxygens (including phenoxy) is 1. The second-order valence-electron chi connectivity index (χ2n) is 10.1. The Balaban J connectivity index is 1.63. The maximum Gasteiger partial charge on any atom is 0.408 e. The molecule has 11 heteroatoms. The van der Waals surface area contributed by atoms with Gasteiger partial charge in [-0.25, -0.2) is 9.53 Å². The van der Waals surface area contributed by atoms with Crippen LogP contribution < -0.4 is 5.32 Å². The highest BCUT2D eigenvalue weighted by Crippen LogP contribution is 2.49. The van der Waals surface area contributed by atoms with Gasteiger partial charge >= 0.3 is 12.3 Å². The summed E-state index contributed by atoms with van der Waals surface area (Å²) in [5, 5.41) is 15.5. The fourth-order valence-corrected chi connectivity index (χ4v) is 5.39. The van der Waals surface area contributed by atoms with Gasteiger partial charge in [0.15, 0.2) is 17.7 Å². The quantitative estimate of drug-likeness (QED) is 0.241. The van der Waals surface area contributed by atoms with E-state index in [0.717, 1.165) is 23.3 Å². The first-order valence-electron chi connectivity index (χ1n) is 11.3. The normalized spacial score (nSPS) is 22.1. The average Bonchev–Trinajstić information content (AvgIpc) is 3.31. The molecular weight excluding hydrogens is 540 g/mol. The van der Waals surface area contributed by atoms with Gasteiger partial charge in [-0.3, -0.25) is 0 Å². The molecule has 36 heavy (non-hydrogen) atoms. The second kappa shape index (κ2) is 9.30. The molecule has 0 bridgehead atoms. The molecule has 1 aliphatic heterocycles. The summed E-state index contributed by atoms with van der Waals surface area (Å²) < 4.78 is 49.2. The Labute approximate surface area is 221 Å². The van der Waals surface area contributed by atoms with Gasteiger partial charge in [0.2, 0.25) is 0 Å². The van der Waals surface area contributed by atoms with E-state index in [1.165, 1.54) is 0 Å². The number of halogens is 6. The highest BCUT2D eigenvalue weighted by Gasteiger charge is 2.63. The number of carbonyl (C=O) groups excluding carboxylic acids is 1. The van der Waals surface area contributed by atoms with Crippen LogP contribution in [0.15, 0.2) is 30.3 Å². The number of hydrogen-bond acceptors (Lipinski definition) is 3. The number of aryl methyl sites for hydroxylation is 1. The lowest BCUT2D eigenvalue weighted by Gasteiger charge is -2.29. The predicted molar refractivity (Wildman–Crippen MR) is 133 cm³/mol. The van der Waals surface area contributed by atoms with E-state index in [0.29, 0.717) is 23.1 Å². The van der Waals surface area contributed by atoms with E-state index in [1.807, 2.05) is 0 Å². The Hall–Kier alpha value is -2.16. The third-order valence-electron chi connectivity index (χ3n) is 6.51. The molecule has 1 heterocycles. The van der Waals surface area contributed by atoms with Gasteiger partial charge in [0, 0.05) is 5.56 Å². The molecule has 2 aromatic rings. The molecule has 0 aromatic heterocycles. The zero-order chi connectivity index (χ0) is 26.6. The number of alkyl carbamates (subject to hydrolysis) is 1. The van der Waals surface area contributed by atoms with Crippen molar-refractivity contribution in [2.75, 3.05) is 6.54 Å². The van der Waals surface area contributed by atoms with Crippen molar-refractivity contribution in [1.82, 2.24) is 5.32 Å². The molecule has 1 aliphatic carbocycles. The van der Waals surface area contributed by atoms with Crippen LogP contribution in [0, 0.1) is 5.21 Å². The fourth-order valence-electron chi connectivity index (χ4n) is 4.79. The smallest absolute Gasteiger partial charge is 0.408 e. The van der Waals surface area contributed by atoms with Crippen LogP contribution in [0.1, 0.15) is 61.9 Å². The lowest BCUT2D eigenvalue weighted by molar-refractivity contribution is -0.465. The maximum absolute atomic E-state index is 14.5. The Morgan fingerprint density at radius 1 is 1.14 bits per heavy atom. The monoisotopic (exact) mass is 562 g/mol. The molecule has 2 aliphatic rings. The van der Waals surface area contributed by atoms with Crippen molar-refractivity contribution in [3.63, 3.8) is 0 Å². The standard InChI is InChI=1S/C25H24Cl3F3N2O3/c1-23(2,3)36-22(34)32-19-7-5-13-8-14(4-6-16(13)19)20-11-24(12-33(20)35,25(29,30)31)15-9-17(26)21(28)18(27)10-15/h4,6,8-10,19H,5,7,11-12H2,1-3H3,(H,32,34).